The molecule has 1 amide bonds. The van der Waals surface area contributed by atoms with Gasteiger partial charge in [-0.05, 0) is 49.4 Å². The molecule has 0 bridgehead atoms. The predicted molar refractivity (Wildman–Crippen MR) is 85.5 cm³/mol. The van der Waals surface area contributed by atoms with Crippen molar-refractivity contribution in [2.75, 3.05) is 13.1 Å². The normalized spacial score (nSPS) is 26.0. The quantitative estimate of drug-likeness (QED) is 0.856. The van der Waals surface area contributed by atoms with E-state index < -0.39 is 16.1 Å². The summed E-state index contributed by atoms with van der Waals surface area (Å²) in [7, 11) is -3.56. The van der Waals surface area contributed by atoms with Crippen molar-refractivity contribution in [2.45, 2.75) is 43.2 Å². The minimum Gasteiger partial charge on any atom is -0.393 e. The van der Waals surface area contributed by atoms with Gasteiger partial charge in [0.1, 0.15) is 0 Å². The average Bonchev–Trinajstić information content (AvgIpc) is 3.22. The summed E-state index contributed by atoms with van der Waals surface area (Å²) in [5.41, 5.74) is 0.470. The highest BCUT2D eigenvalue weighted by atomic mass is 32.2. The van der Waals surface area contributed by atoms with Gasteiger partial charge in [0.2, 0.25) is 10.0 Å². The number of benzene rings is 1. The summed E-state index contributed by atoms with van der Waals surface area (Å²) in [5.74, 6) is 0.359. The molecule has 7 heteroatoms. The highest BCUT2D eigenvalue weighted by Gasteiger charge is 2.34. The van der Waals surface area contributed by atoms with E-state index in [1.807, 2.05) is 0 Å². The van der Waals surface area contributed by atoms with E-state index in [0.29, 0.717) is 37.4 Å². The molecule has 2 aliphatic rings. The lowest BCUT2D eigenvalue weighted by molar-refractivity contribution is 0.0949. The van der Waals surface area contributed by atoms with E-state index in [0.717, 1.165) is 6.42 Å². The second kappa shape index (κ2) is 6.22. The van der Waals surface area contributed by atoms with Gasteiger partial charge < -0.3 is 10.4 Å². The lowest BCUT2D eigenvalue weighted by Crippen LogP contribution is -2.40. The number of aliphatic hydroxyl groups is 1. The molecule has 2 atom stereocenters. The number of hydrogen-bond donors (Lipinski definition) is 2. The molecule has 3 rings (SSSR count). The van der Waals surface area contributed by atoms with Crippen molar-refractivity contribution in [3.05, 3.63) is 29.8 Å². The maximum atomic E-state index is 12.5. The molecule has 1 aliphatic carbocycles. The molecule has 0 spiro atoms. The van der Waals surface area contributed by atoms with Gasteiger partial charge in [-0.15, -0.1) is 0 Å². The number of carbonyl (C=O) groups is 1. The van der Waals surface area contributed by atoms with Crippen LogP contribution in [0.2, 0.25) is 0 Å². The molecule has 2 N–H and O–H groups in total. The Morgan fingerprint density at radius 1 is 1.22 bits per heavy atom. The van der Waals surface area contributed by atoms with Crippen LogP contribution in [0.25, 0.3) is 0 Å². The Kier molecular flexibility index (Phi) is 4.44. The zero-order valence-electron chi connectivity index (χ0n) is 13.1. The number of carbonyl (C=O) groups excluding carboxylic acids is 1. The van der Waals surface area contributed by atoms with Crippen LogP contribution >= 0.6 is 0 Å². The third-order valence-corrected chi connectivity index (χ3v) is 6.52. The summed E-state index contributed by atoms with van der Waals surface area (Å²) in [6.45, 7) is 2.73. The minimum absolute atomic E-state index is 0.163. The van der Waals surface area contributed by atoms with E-state index in [9.17, 15) is 18.3 Å². The van der Waals surface area contributed by atoms with Crippen molar-refractivity contribution in [3.8, 4) is 0 Å². The summed E-state index contributed by atoms with van der Waals surface area (Å²) < 4.78 is 26.5. The monoisotopic (exact) mass is 338 g/mol. The molecular weight excluding hydrogens is 316 g/mol. The number of hydrogen-bond acceptors (Lipinski definition) is 4. The van der Waals surface area contributed by atoms with Crippen LogP contribution in [0.5, 0.6) is 0 Å². The Balaban J connectivity index is 1.69. The van der Waals surface area contributed by atoms with Crippen LogP contribution in [-0.4, -0.2) is 49.0 Å². The smallest absolute Gasteiger partial charge is 0.251 e. The SMILES string of the molecule is CC1CC1NC(=O)c1ccc(S(=O)(=O)N2CCC(O)CC2)cc1. The summed E-state index contributed by atoms with van der Waals surface area (Å²) in [6.07, 6.45) is 1.50. The van der Waals surface area contributed by atoms with Crippen LogP contribution in [0, 0.1) is 5.92 Å². The van der Waals surface area contributed by atoms with E-state index >= 15 is 0 Å². The zero-order valence-corrected chi connectivity index (χ0v) is 13.9. The molecule has 1 aliphatic heterocycles. The number of piperidine rings is 1. The number of rotatable bonds is 4. The fourth-order valence-corrected chi connectivity index (χ4v) is 4.25. The fraction of sp³-hybridized carbons (Fsp3) is 0.562. The van der Waals surface area contributed by atoms with Crippen LogP contribution in [0.15, 0.2) is 29.2 Å². The van der Waals surface area contributed by atoms with Gasteiger partial charge in [-0.25, -0.2) is 8.42 Å². The van der Waals surface area contributed by atoms with Crippen molar-refractivity contribution in [3.63, 3.8) is 0 Å². The van der Waals surface area contributed by atoms with Gasteiger partial charge in [0.05, 0.1) is 11.0 Å². The lowest BCUT2D eigenvalue weighted by atomic mass is 10.1. The van der Waals surface area contributed by atoms with Gasteiger partial charge in [0.25, 0.3) is 5.91 Å². The molecule has 23 heavy (non-hydrogen) atoms. The Morgan fingerprint density at radius 3 is 2.30 bits per heavy atom. The third kappa shape index (κ3) is 3.57. The minimum atomic E-state index is -3.56. The van der Waals surface area contributed by atoms with E-state index in [1.54, 1.807) is 12.1 Å². The number of sulfonamides is 1. The average molecular weight is 338 g/mol. The number of nitrogens with zero attached hydrogens (tertiary/aromatic N) is 1. The molecule has 2 unspecified atom stereocenters. The summed E-state index contributed by atoms with van der Waals surface area (Å²) in [4.78, 5) is 12.2. The molecule has 1 aromatic carbocycles. The van der Waals surface area contributed by atoms with Gasteiger partial charge in [0, 0.05) is 24.7 Å². The van der Waals surface area contributed by atoms with Crippen LogP contribution in [0.4, 0.5) is 0 Å². The molecule has 0 aromatic heterocycles. The first kappa shape index (κ1) is 16.4. The largest absolute Gasteiger partial charge is 0.393 e. The molecule has 2 fully saturated rings. The summed E-state index contributed by atoms with van der Waals surface area (Å²) in [6, 6.07) is 6.30. The lowest BCUT2D eigenvalue weighted by Gasteiger charge is -2.28. The first-order valence-corrected chi connectivity index (χ1v) is 9.41. The zero-order chi connectivity index (χ0) is 16.6. The molecule has 1 saturated heterocycles. The molecule has 6 nitrogen and oxygen atoms in total. The Bertz CT molecular complexity index is 679. The van der Waals surface area contributed by atoms with Crippen molar-refractivity contribution in [1.29, 1.82) is 0 Å². The van der Waals surface area contributed by atoms with E-state index in [1.165, 1.54) is 16.4 Å². The Hall–Kier alpha value is -1.44. The first-order valence-electron chi connectivity index (χ1n) is 7.97. The highest BCUT2D eigenvalue weighted by molar-refractivity contribution is 7.89. The third-order valence-electron chi connectivity index (χ3n) is 4.60. The van der Waals surface area contributed by atoms with Crippen LogP contribution < -0.4 is 5.32 Å². The Morgan fingerprint density at radius 2 is 1.78 bits per heavy atom. The predicted octanol–water partition coefficient (Wildman–Crippen LogP) is 0.970. The molecule has 0 radical (unpaired) electrons. The molecule has 1 aromatic rings. The topological polar surface area (TPSA) is 86.7 Å². The van der Waals surface area contributed by atoms with E-state index in [-0.39, 0.29) is 16.8 Å². The fourth-order valence-electron chi connectivity index (χ4n) is 2.78. The Labute approximate surface area is 136 Å². The van der Waals surface area contributed by atoms with E-state index in [4.69, 9.17) is 0 Å². The van der Waals surface area contributed by atoms with Crippen LogP contribution in [-0.2, 0) is 10.0 Å². The van der Waals surface area contributed by atoms with Crippen LogP contribution in [0.3, 0.4) is 0 Å². The molecule has 1 saturated carbocycles. The van der Waals surface area contributed by atoms with Crippen LogP contribution in [0.1, 0.15) is 36.5 Å². The van der Waals surface area contributed by atoms with Crippen molar-refractivity contribution < 1.29 is 18.3 Å². The maximum Gasteiger partial charge on any atom is 0.251 e. The number of aliphatic hydroxyl groups excluding tert-OH is 1. The first-order chi connectivity index (χ1) is 10.9. The molecule has 1 heterocycles. The molecular formula is C16H22N2O4S. The van der Waals surface area contributed by atoms with Crippen molar-refractivity contribution >= 4 is 15.9 Å². The molecule has 126 valence electrons. The maximum absolute atomic E-state index is 12.5. The number of amides is 1. The van der Waals surface area contributed by atoms with Gasteiger partial charge in [-0.1, -0.05) is 6.92 Å². The second-order valence-electron chi connectivity index (χ2n) is 6.45. The standard InChI is InChI=1S/C16H22N2O4S/c1-11-10-15(11)17-16(20)12-2-4-14(5-3-12)23(21,22)18-8-6-13(19)7-9-18/h2-5,11,13,15,19H,6-10H2,1H3,(H,17,20). The summed E-state index contributed by atoms with van der Waals surface area (Å²) >= 11 is 0. The number of nitrogens with one attached hydrogen (secondary N) is 1. The van der Waals surface area contributed by atoms with E-state index in [2.05, 4.69) is 12.2 Å². The van der Waals surface area contributed by atoms with Gasteiger partial charge in [0.15, 0.2) is 0 Å². The van der Waals surface area contributed by atoms with Gasteiger partial charge in [-0.2, -0.15) is 4.31 Å². The highest BCUT2D eigenvalue weighted by Crippen LogP contribution is 2.29. The second-order valence-corrected chi connectivity index (χ2v) is 8.39. The van der Waals surface area contributed by atoms with Crippen molar-refractivity contribution in [1.82, 2.24) is 9.62 Å². The van der Waals surface area contributed by atoms with Crippen molar-refractivity contribution in [2.24, 2.45) is 5.92 Å². The van der Waals surface area contributed by atoms with Gasteiger partial charge in [-0.3, -0.25) is 4.79 Å². The van der Waals surface area contributed by atoms with Gasteiger partial charge >= 0.3 is 0 Å². The summed E-state index contributed by atoms with van der Waals surface area (Å²) in [5, 5.41) is 12.4.